The van der Waals surface area contributed by atoms with Crippen molar-refractivity contribution in [2.75, 3.05) is 17.6 Å². The molecule has 1 aliphatic heterocycles. The van der Waals surface area contributed by atoms with E-state index in [2.05, 4.69) is 22.2 Å². The molecule has 5 nitrogen and oxygen atoms in total. The molecule has 2 aromatic rings. The van der Waals surface area contributed by atoms with E-state index in [9.17, 15) is 13.2 Å². The van der Waals surface area contributed by atoms with Gasteiger partial charge in [0.25, 0.3) is 0 Å². The highest BCUT2D eigenvalue weighted by Gasteiger charge is 2.28. The molecule has 0 saturated heterocycles. The highest BCUT2D eigenvalue weighted by atomic mass is 32.2. The van der Waals surface area contributed by atoms with E-state index in [0.717, 1.165) is 11.3 Å². The van der Waals surface area contributed by atoms with Crippen LogP contribution in [0.15, 0.2) is 53.4 Å². The Labute approximate surface area is 152 Å². The van der Waals surface area contributed by atoms with Crippen molar-refractivity contribution in [3.05, 3.63) is 59.7 Å². The Hall–Kier alpha value is -1.83. The first-order chi connectivity index (χ1) is 12.0. The van der Waals surface area contributed by atoms with Crippen LogP contribution in [0, 0.1) is 0 Å². The average Bonchev–Trinajstić information content (AvgIpc) is 2.89. The minimum Gasteiger partial charge on any atom is -0.325 e. The molecule has 0 aromatic heterocycles. The van der Waals surface area contributed by atoms with Crippen LogP contribution in [0.4, 0.5) is 5.69 Å². The number of carbonyl (C=O) groups is 1. The summed E-state index contributed by atoms with van der Waals surface area (Å²) in [6.45, 7) is 2.13. The van der Waals surface area contributed by atoms with E-state index in [0.29, 0.717) is 18.0 Å². The zero-order valence-electron chi connectivity index (χ0n) is 13.9. The normalized spacial score (nSPS) is 16.5. The van der Waals surface area contributed by atoms with Gasteiger partial charge in [-0.25, -0.2) is 13.1 Å². The van der Waals surface area contributed by atoms with Crippen molar-refractivity contribution in [3.8, 4) is 0 Å². The summed E-state index contributed by atoms with van der Waals surface area (Å²) in [5.41, 5.74) is 2.64. The fourth-order valence-electron chi connectivity index (χ4n) is 2.66. The van der Waals surface area contributed by atoms with Crippen molar-refractivity contribution in [3.63, 3.8) is 0 Å². The summed E-state index contributed by atoms with van der Waals surface area (Å²) in [5, 5.41) is 2.74. The number of benzene rings is 2. The van der Waals surface area contributed by atoms with E-state index in [1.165, 1.54) is 11.6 Å². The molecule has 0 spiro atoms. The SMILES string of the molecule is C[C@@H]1C(=O)Nc2ccc(S(=O)(=O)NCCSCc3ccccc3)cc21. The lowest BCUT2D eigenvalue weighted by Gasteiger charge is -2.09. The Morgan fingerprint density at radius 1 is 1.16 bits per heavy atom. The van der Waals surface area contributed by atoms with Crippen LogP contribution in [0.25, 0.3) is 0 Å². The van der Waals surface area contributed by atoms with Crippen molar-refractivity contribution < 1.29 is 13.2 Å². The molecule has 0 bridgehead atoms. The van der Waals surface area contributed by atoms with Crippen LogP contribution in [-0.2, 0) is 20.6 Å². The summed E-state index contributed by atoms with van der Waals surface area (Å²) in [4.78, 5) is 11.9. The Bertz CT molecular complexity index is 867. The molecule has 2 aromatic carbocycles. The molecule has 0 fully saturated rings. The van der Waals surface area contributed by atoms with Gasteiger partial charge in [-0.2, -0.15) is 11.8 Å². The van der Waals surface area contributed by atoms with Crippen LogP contribution in [0.1, 0.15) is 24.0 Å². The molecule has 132 valence electrons. The van der Waals surface area contributed by atoms with Gasteiger partial charge in [0.05, 0.1) is 10.8 Å². The third-order valence-corrected chi connectivity index (χ3v) is 6.59. The summed E-state index contributed by atoms with van der Waals surface area (Å²) in [6.07, 6.45) is 0. The molecule has 0 saturated carbocycles. The summed E-state index contributed by atoms with van der Waals surface area (Å²) >= 11 is 1.68. The second kappa shape index (κ2) is 7.59. The lowest BCUT2D eigenvalue weighted by Crippen LogP contribution is -2.26. The van der Waals surface area contributed by atoms with Crippen molar-refractivity contribution in [2.24, 2.45) is 0 Å². The van der Waals surface area contributed by atoms with Gasteiger partial charge in [0.15, 0.2) is 0 Å². The highest BCUT2D eigenvalue weighted by molar-refractivity contribution is 7.98. The number of anilines is 1. The first-order valence-corrected chi connectivity index (χ1v) is 10.7. The van der Waals surface area contributed by atoms with Crippen LogP contribution in [0.3, 0.4) is 0 Å². The second-order valence-electron chi connectivity index (χ2n) is 5.90. The number of hydrogen-bond acceptors (Lipinski definition) is 4. The van der Waals surface area contributed by atoms with E-state index in [4.69, 9.17) is 0 Å². The van der Waals surface area contributed by atoms with Gasteiger partial charge in [0.1, 0.15) is 0 Å². The Kier molecular flexibility index (Phi) is 5.46. The van der Waals surface area contributed by atoms with Crippen LogP contribution in [0.2, 0.25) is 0 Å². The molecule has 1 atom stereocenters. The Morgan fingerprint density at radius 2 is 1.92 bits per heavy atom. The molecular weight excluding hydrogens is 356 g/mol. The number of rotatable bonds is 7. The van der Waals surface area contributed by atoms with Gasteiger partial charge < -0.3 is 5.32 Å². The Morgan fingerprint density at radius 3 is 2.68 bits per heavy atom. The van der Waals surface area contributed by atoms with Gasteiger partial charge in [0, 0.05) is 23.7 Å². The van der Waals surface area contributed by atoms with Crippen molar-refractivity contribution in [2.45, 2.75) is 23.5 Å². The molecule has 2 N–H and O–H groups in total. The van der Waals surface area contributed by atoms with Crippen molar-refractivity contribution >= 4 is 33.4 Å². The summed E-state index contributed by atoms with van der Waals surface area (Å²) in [7, 11) is -3.57. The van der Waals surface area contributed by atoms with E-state index in [1.807, 2.05) is 18.2 Å². The second-order valence-corrected chi connectivity index (χ2v) is 8.77. The molecule has 1 heterocycles. The summed E-state index contributed by atoms with van der Waals surface area (Å²) in [5.74, 6) is 1.11. The first-order valence-electron chi connectivity index (χ1n) is 8.03. The molecule has 3 rings (SSSR count). The van der Waals surface area contributed by atoms with Crippen LogP contribution in [0.5, 0.6) is 0 Å². The number of carbonyl (C=O) groups excluding carboxylic acids is 1. The quantitative estimate of drug-likeness (QED) is 0.729. The minimum atomic E-state index is -3.57. The number of thioether (sulfide) groups is 1. The van der Waals surface area contributed by atoms with Crippen LogP contribution in [-0.4, -0.2) is 26.6 Å². The maximum absolute atomic E-state index is 12.4. The lowest BCUT2D eigenvalue weighted by atomic mass is 10.0. The van der Waals surface area contributed by atoms with Crippen LogP contribution >= 0.6 is 11.8 Å². The predicted molar refractivity (Wildman–Crippen MR) is 101 cm³/mol. The monoisotopic (exact) mass is 376 g/mol. The largest absolute Gasteiger partial charge is 0.325 e. The fourth-order valence-corrected chi connectivity index (χ4v) is 4.67. The summed E-state index contributed by atoms with van der Waals surface area (Å²) in [6, 6.07) is 14.8. The van der Waals surface area contributed by atoms with Crippen LogP contribution < -0.4 is 10.0 Å². The van der Waals surface area contributed by atoms with Gasteiger partial charge in [0.2, 0.25) is 15.9 Å². The molecule has 0 radical (unpaired) electrons. The lowest BCUT2D eigenvalue weighted by molar-refractivity contribution is -0.116. The average molecular weight is 377 g/mol. The fraction of sp³-hybridized carbons (Fsp3) is 0.278. The van der Waals surface area contributed by atoms with E-state index in [1.54, 1.807) is 30.8 Å². The van der Waals surface area contributed by atoms with Gasteiger partial charge in [-0.15, -0.1) is 0 Å². The van der Waals surface area contributed by atoms with Gasteiger partial charge in [-0.05, 0) is 36.2 Å². The number of nitrogens with one attached hydrogen (secondary N) is 2. The van der Waals surface area contributed by atoms with Gasteiger partial charge >= 0.3 is 0 Å². The minimum absolute atomic E-state index is 0.102. The third kappa shape index (κ3) is 4.23. The molecule has 25 heavy (non-hydrogen) atoms. The summed E-state index contributed by atoms with van der Waals surface area (Å²) < 4.78 is 27.5. The zero-order valence-corrected chi connectivity index (χ0v) is 15.5. The van der Waals surface area contributed by atoms with E-state index >= 15 is 0 Å². The van der Waals surface area contributed by atoms with Crippen molar-refractivity contribution in [1.82, 2.24) is 4.72 Å². The number of hydrogen-bond donors (Lipinski definition) is 2. The van der Waals surface area contributed by atoms with E-state index in [-0.39, 0.29) is 16.7 Å². The topological polar surface area (TPSA) is 75.3 Å². The standard InChI is InChI=1S/C18H20N2O3S2/c1-13-16-11-15(7-8-17(16)20-18(13)21)25(22,23)19-9-10-24-12-14-5-3-2-4-6-14/h2-8,11,13,19H,9-10,12H2,1H3,(H,20,21)/t13-/m0/s1. The number of amides is 1. The molecule has 7 heteroatoms. The molecular formula is C18H20N2O3S2. The molecule has 0 unspecified atom stereocenters. The smallest absolute Gasteiger partial charge is 0.240 e. The zero-order chi connectivity index (χ0) is 17.9. The predicted octanol–water partition coefficient (Wildman–Crippen LogP) is 2.95. The first kappa shape index (κ1) is 18.0. The third-order valence-electron chi connectivity index (χ3n) is 4.10. The van der Waals surface area contributed by atoms with Crippen molar-refractivity contribution in [1.29, 1.82) is 0 Å². The maximum atomic E-state index is 12.4. The van der Waals surface area contributed by atoms with Gasteiger partial charge in [-0.1, -0.05) is 30.3 Å². The Balaban J connectivity index is 1.55. The molecule has 1 aliphatic rings. The van der Waals surface area contributed by atoms with E-state index < -0.39 is 10.0 Å². The number of fused-ring (bicyclic) bond motifs is 1. The maximum Gasteiger partial charge on any atom is 0.240 e. The molecule has 1 amide bonds. The van der Waals surface area contributed by atoms with Gasteiger partial charge in [-0.3, -0.25) is 4.79 Å². The number of sulfonamides is 1. The highest BCUT2D eigenvalue weighted by Crippen LogP contribution is 2.33. The molecule has 0 aliphatic carbocycles.